The van der Waals surface area contributed by atoms with Crippen molar-refractivity contribution in [3.63, 3.8) is 0 Å². The third-order valence-corrected chi connectivity index (χ3v) is 10.1. The molecule has 0 aromatic rings. The predicted molar refractivity (Wildman–Crippen MR) is 180 cm³/mol. The smallest absolute Gasteiger partial charge is 0.315 e. The average molecular weight is 638 g/mol. The standard InChI is InChI=1S/C36H67N3O6/c1-9-10-11-12-13-14-15-16-19-22-28(33(2,3)4)39(32(37)43)36(23-20-17-18-21-24-36)27(31(41)42)25-38-30(40)29-34(5,6)26-44-35(7,8)45-29/h27-29H,9-26H2,1-8H3,(H2,37,43)(H,38,40)(H,41,42). The third kappa shape index (κ3) is 11.4. The van der Waals surface area contributed by atoms with Crippen molar-refractivity contribution in [3.8, 4) is 0 Å². The monoisotopic (exact) mass is 638 g/mol. The Morgan fingerprint density at radius 3 is 1.93 bits per heavy atom. The normalized spacial score (nSPS) is 22.5. The van der Waals surface area contributed by atoms with Crippen LogP contribution in [0.4, 0.5) is 4.79 Å². The first kappa shape index (κ1) is 39.3. The fourth-order valence-electron chi connectivity index (χ4n) is 7.50. The molecule has 3 amide bonds. The van der Waals surface area contributed by atoms with E-state index in [4.69, 9.17) is 15.2 Å². The number of carbonyl (C=O) groups excluding carboxylic acids is 2. The molecule has 0 aromatic carbocycles. The van der Waals surface area contributed by atoms with Crippen LogP contribution in [-0.4, -0.2) is 64.5 Å². The van der Waals surface area contributed by atoms with Gasteiger partial charge in [-0.25, -0.2) is 4.79 Å². The molecule has 9 heteroatoms. The van der Waals surface area contributed by atoms with Gasteiger partial charge in [-0.2, -0.15) is 0 Å². The Morgan fingerprint density at radius 1 is 0.911 bits per heavy atom. The molecule has 3 atom stereocenters. The molecular formula is C36H67N3O6. The molecule has 2 fully saturated rings. The van der Waals surface area contributed by atoms with E-state index >= 15 is 0 Å². The zero-order valence-corrected chi connectivity index (χ0v) is 30.0. The number of nitrogens with zero attached hydrogens (tertiary/aromatic N) is 1. The second kappa shape index (κ2) is 17.3. The van der Waals surface area contributed by atoms with Crippen LogP contribution in [0.2, 0.25) is 0 Å². The number of carbonyl (C=O) groups is 3. The number of amides is 3. The summed E-state index contributed by atoms with van der Waals surface area (Å²) in [6.07, 6.45) is 15.4. The number of hydrogen-bond donors (Lipinski definition) is 3. The summed E-state index contributed by atoms with van der Waals surface area (Å²) in [5, 5.41) is 13.7. The Bertz CT molecular complexity index is 936. The summed E-state index contributed by atoms with van der Waals surface area (Å²) in [5.74, 6) is -3.33. The highest BCUT2D eigenvalue weighted by Gasteiger charge is 2.53. The average Bonchev–Trinajstić information content (AvgIpc) is 3.18. The van der Waals surface area contributed by atoms with E-state index in [1.54, 1.807) is 18.7 Å². The molecule has 1 aliphatic heterocycles. The van der Waals surface area contributed by atoms with Gasteiger partial charge in [-0.3, -0.25) is 9.59 Å². The first-order valence-corrected chi connectivity index (χ1v) is 17.9. The molecule has 45 heavy (non-hydrogen) atoms. The van der Waals surface area contributed by atoms with Crippen LogP contribution in [0.5, 0.6) is 0 Å². The summed E-state index contributed by atoms with van der Waals surface area (Å²) < 4.78 is 11.8. The van der Waals surface area contributed by atoms with Crippen molar-refractivity contribution in [2.45, 2.75) is 182 Å². The zero-order valence-electron chi connectivity index (χ0n) is 30.0. The van der Waals surface area contributed by atoms with Crippen molar-refractivity contribution < 1.29 is 29.0 Å². The van der Waals surface area contributed by atoms with Gasteiger partial charge < -0.3 is 30.5 Å². The van der Waals surface area contributed by atoms with Gasteiger partial charge in [0.25, 0.3) is 0 Å². The lowest BCUT2D eigenvalue weighted by Gasteiger charge is -2.53. The number of ether oxygens (including phenoxy) is 2. The lowest BCUT2D eigenvalue weighted by molar-refractivity contribution is -0.304. The lowest BCUT2D eigenvalue weighted by atomic mass is 9.72. The van der Waals surface area contributed by atoms with Gasteiger partial charge in [0.05, 0.1) is 18.1 Å². The van der Waals surface area contributed by atoms with Gasteiger partial charge in [0, 0.05) is 18.0 Å². The molecular weight excluding hydrogens is 570 g/mol. The number of aliphatic carboxylic acids is 1. The second-order valence-electron chi connectivity index (χ2n) is 16.0. The van der Waals surface area contributed by atoms with Crippen molar-refractivity contribution in [1.82, 2.24) is 10.2 Å². The molecule has 0 spiro atoms. The molecule has 4 N–H and O–H groups in total. The van der Waals surface area contributed by atoms with E-state index < -0.39 is 40.8 Å². The summed E-state index contributed by atoms with van der Waals surface area (Å²) in [7, 11) is 0. The Morgan fingerprint density at radius 2 is 1.44 bits per heavy atom. The molecule has 2 aliphatic rings. The van der Waals surface area contributed by atoms with Crippen LogP contribution in [0, 0.1) is 16.7 Å². The highest BCUT2D eigenvalue weighted by molar-refractivity contribution is 5.83. The first-order chi connectivity index (χ1) is 21.0. The number of hydrogen-bond acceptors (Lipinski definition) is 5. The lowest BCUT2D eigenvalue weighted by Crippen LogP contribution is -2.67. The number of nitrogens with one attached hydrogen (secondary N) is 1. The third-order valence-electron chi connectivity index (χ3n) is 10.1. The number of primary amides is 1. The molecule has 3 unspecified atom stereocenters. The second-order valence-corrected chi connectivity index (χ2v) is 16.0. The summed E-state index contributed by atoms with van der Waals surface area (Å²) >= 11 is 0. The summed E-state index contributed by atoms with van der Waals surface area (Å²) in [5.41, 5.74) is 4.34. The molecule has 1 heterocycles. The van der Waals surface area contributed by atoms with Crippen molar-refractivity contribution in [2.75, 3.05) is 13.2 Å². The van der Waals surface area contributed by atoms with Gasteiger partial charge in [-0.1, -0.05) is 125 Å². The van der Waals surface area contributed by atoms with Gasteiger partial charge in [0.1, 0.15) is 6.10 Å². The van der Waals surface area contributed by atoms with Gasteiger partial charge in [-0.15, -0.1) is 0 Å². The van der Waals surface area contributed by atoms with E-state index in [9.17, 15) is 19.5 Å². The van der Waals surface area contributed by atoms with Gasteiger partial charge in [-0.05, 0) is 38.5 Å². The van der Waals surface area contributed by atoms with Crippen LogP contribution in [-0.2, 0) is 19.1 Å². The molecule has 2 rings (SSSR count). The first-order valence-electron chi connectivity index (χ1n) is 17.9. The van der Waals surface area contributed by atoms with E-state index in [2.05, 4.69) is 33.0 Å². The van der Waals surface area contributed by atoms with Crippen molar-refractivity contribution in [3.05, 3.63) is 0 Å². The minimum Gasteiger partial charge on any atom is -0.481 e. The number of rotatable bonds is 17. The van der Waals surface area contributed by atoms with Crippen molar-refractivity contribution in [1.29, 1.82) is 0 Å². The Kier molecular flexibility index (Phi) is 15.1. The topological polar surface area (TPSA) is 131 Å². The van der Waals surface area contributed by atoms with Gasteiger partial charge >= 0.3 is 12.0 Å². The summed E-state index contributed by atoms with van der Waals surface area (Å²) in [6, 6.07) is -0.797. The molecule has 1 aliphatic carbocycles. The molecule has 9 nitrogen and oxygen atoms in total. The minimum absolute atomic E-state index is 0.107. The Hall–Kier alpha value is -1.87. The van der Waals surface area contributed by atoms with Crippen LogP contribution in [0.1, 0.15) is 158 Å². The van der Waals surface area contributed by atoms with E-state index in [0.29, 0.717) is 19.4 Å². The summed E-state index contributed by atoms with van der Waals surface area (Å²) in [4.78, 5) is 42.1. The fourth-order valence-corrected chi connectivity index (χ4v) is 7.50. The number of carboxylic acids is 1. The number of unbranched alkanes of at least 4 members (excludes halogenated alkanes) is 8. The number of urea groups is 1. The number of carboxylic acid groups (broad SMARTS) is 1. The highest BCUT2D eigenvalue weighted by Crippen LogP contribution is 2.44. The Labute approximate surface area is 274 Å². The van der Waals surface area contributed by atoms with E-state index in [1.807, 2.05) is 13.8 Å². The maximum Gasteiger partial charge on any atom is 0.315 e. The summed E-state index contributed by atoms with van der Waals surface area (Å²) in [6.45, 7) is 16.2. The zero-order chi connectivity index (χ0) is 33.9. The molecule has 1 saturated heterocycles. The minimum atomic E-state index is -1.02. The predicted octanol–water partition coefficient (Wildman–Crippen LogP) is 7.79. The largest absolute Gasteiger partial charge is 0.481 e. The fraction of sp³-hybridized carbons (Fsp3) is 0.917. The van der Waals surface area contributed by atoms with Crippen LogP contribution >= 0.6 is 0 Å². The van der Waals surface area contributed by atoms with E-state index in [0.717, 1.165) is 51.4 Å². The molecule has 1 saturated carbocycles. The van der Waals surface area contributed by atoms with Crippen LogP contribution < -0.4 is 11.1 Å². The molecule has 0 aromatic heterocycles. The SMILES string of the molecule is CCCCCCCCCCCC(N(C(N)=O)C1(C(CNC(=O)C2OC(C)(C)OCC2(C)C)C(=O)O)CCCCCC1)C(C)(C)C. The number of nitrogens with two attached hydrogens (primary N) is 1. The molecule has 262 valence electrons. The van der Waals surface area contributed by atoms with E-state index in [1.165, 1.54) is 38.5 Å². The maximum atomic E-state index is 13.6. The van der Waals surface area contributed by atoms with Crippen molar-refractivity contribution in [2.24, 2.45) is 22.5 Å². The van der Waals surface area contributed by atoms with Crippen LogP contribution in [0.3, 0.4) is 0 Å². The Balaban J connectivity index is 2.32. The molecule has 0 radical (unpaired) electrons. The van der Waals surface area contributed by atoms with Gasteiger partial charge in [0.2, 0.25) is 5.91 Å². The van der Waals surface area contributed by atoms with Crippen LogP contribution in [0.25, 0.3) is 0 Å². The van der Waals surface area contributed by atoms with Crippen molar-refractivity contribution >= 4 is 17.9 Å². The highest BCUT2D eigenvalue weighted by atomic mass is 16.7. The van der Waals surface area contributed by atoms with Crippen LogP contribution in [0.15, 0.2) is 0 Å². The quantitative estimate of drug-likeness (QED) is 0.110. The van der Waals surface area contributed by atoms with Gasteiger partial charge in [0.15, 0.2) is 5.79 Å². The molecule has 0 bridgehead atoms. The van der Waals surface area contributed by atoms with E-state index in [-0.39, 0.29) is 23.9 Å². The maximum absolute atomic E-state index is 13.6.